The highest BCUT2D eigenvalue weighted by molar-refractivity contribution is 7.92. The normalized spacial score (nSPS) is 27.0. The van der Waals surface area contributed by atoms with Crippen LogP contribution in [0.1, 0.15) is 22.4 Å². The van der Waals surface area contributed by atoms with Gasteiger partial charge in [0.15, 0.2) is 9.84 Å². The maximum atomic E-state index is 15.1. The maximum absolute atomic E-state index is 15.1. The predicted octanol–water partition coefficient (Wildman–Crippen LogP) is 2.40. The van der Waals surface area contributed by atoms with Crippen LogP contribution in [0.2, 0.25) is 0 Å². The number of rotatable bonds is 3. The number of hydrogen-bond acceptors (Lipinski definition) is 5. The molecule has 8 heteroatoms. The molecule has 2 atom stereocenters. The molecule has 1 aliphatic heterocycles. The van der Waals surface area contributed by atoms with Crippen LogP contribution < -0.4 is 5.32 Å². The smallest absolute Gasteiger partial charge is 0.273 e. The predicted molar refractivity (Wildman–Crippen MR) is 85.4 cm³/mol. The summed E-state index contributed by atoms with van der Waals surface area (Å²) in [6.07, 6.45) is 1.94. The van der Waals surface area contributed by atoms with E-state index in [2.05, 4.69) is 10.3 Å². The van der Waals surface area contributed by atoms with E-state index in [9.17, 15) is 12.8 Å². The number of nitrogens with one attached hydrogen (secondary N) is 1. The SMILES string of the molecule is C[C@@H]1CS(=O)(=O)C(F)(c2ncc(Cc3ccc(F)cc3)s2)CN1. The van der Waals surface area contributed by atoms with Crippen LogP contribution in [0, 0.1) is 5.82 Å². The standard InChI is InChI=1S/C15H16F2N2O2S2/c1-10-8-23(20,21)15(17,9-19-10)14-18-7-13(22-14)6-11-2-4-12(16)5-3-11/h2-5,7,10,19H,6,8-9H2,1H3/t10-,15?/m1/s1. The van der Waals surface area contributed by atoms with Crippen molar-refractivity contribution in [1.29, 1.82) is 0 Å². The zero-order chi connectivity index (χ0) is 16.7. The van der Waals surface area contributed by atoms with Crippen molar-refractivity contribution in [3.63, 3.8) is 0 Å². The molecule has 1 fully saturated rings. The number of halogens is 2. The Balaban J connectivity index is 1.85. The van der Waals surface area contributed by atoms with Gasteiger partial charge in [0.1, 0.15) is 10.8 Å². The van der Waals surface area contributed by atoms with Crippen molar-refractivity contribution < 1.29 is 17.2 Å². The van der Waals surface area contributed by atoms with E-state index < -0.39 is 14.8 Å². The molecule has 1 aliphatic rings. The highest BCUT2D eigenvalue weighted by atomic mass is 32.2. The van der Waals surface area contributed by atoms with Crippen molar-refractivity contribution in [1.82, 2.24) is 10.3 Å². The zero-order valence-corrected chi connectivity index (χ0v) is 14.1. The molecule has 0 spiro atoms. The van der Waals surface area contributed by atoms with Crippen LogP contribution in [0.3, 0.4) is 0 Å². The van der Waals surface area contributed by atoms with Crippen LogP contribution in [0.5, 0.6) is 0 Å². The third kappa shape index (κ3) is 3.15. The van der Waals surface area contributed by atoms with Crippen molar-refractivity contribution in [3.05, 3.63) is 51.7 Å². The summed E-state index contributed by atoms with van der Waals surface area (Å²) in [5, 5.41) is 0.335. The van der Waals surface area contributed by atoms with Crippen molar-refractivity contribution in [2.75, 3.05) is 12.3 Å². The van der Waals surface area contributed by atoms with E-state index >= 15 is 4.39 Å². The molecular weight excluding hydrogens is 342 g/mol. The van der Waals surface area contributed by atoms with Gasteiger partial charge in [-0.05, 0) is 24.6 Å². The number of benzene rings is 1. The van der Waals surface area contributed by atoms with E-state index in [0.29, 0.717) is 6.42 Å². The van der Waals surface area contributed by atoms with Gasteiger partial charge in [-0.1, -0.05) is 12.1 Å². The van der Waals surface area contributed by atoms with Gasteiger partial charge in [-0.25, -0.2) is 22.2 Å². The summed E-state index contributed by atoms with van der Waals surface area (Å²) in [6, 6.07) is 5.71. The Labute approximate surface area is 137 Å². The maximum Gasteiger partial charge on any atom is 0.273 e. The molecule has 2 aromatic rings. The fourth-order valence-electron chi connectivity index (χ4n) is 2.51. The fraction of sp³-hybridized carbons (Fsp3) is 0.400. The highest BCUT2D eigenvalue weighted by Crippen LogP contribution is 2.38. The Morgan fingerprint density at radius 1 is 1.39 bits per heavy atom. The number of thiazole rings is 1. The van der Waals surface area contributed by atoms with Gasteiger partial charge in [-0.15, -0.1) is 11.3 Å². The first-order valence-corrected chi connectivity index (χ1v) is 9.61. The Hall–Kier alpha value is -1.38. The lowest BCUT2D eigenvalue weighted by Crippen LogP contribution is -2.53. The van der Waals surface area contributed by atoms with E-state index in [-0.39, 0.29) is 29.2 Å². The van der Waals surface area contributed by atoms with Crippen molar-refractivity contribution in [2.24, 2.45) is 0 Å². The van der Waals surface area contributed by atoms with E-state index in [4.69, 9.17) is 0 Å². The molecule has 0 amide bonds. The van der Waals surface area contributed by atoms with Gasteiger partial charge in [-0.3, -0.25) is 0 Å². The summed E-state index contributed by atoms with van der Waals surface area (Å²) in [6.45, 7) is 1.42. The van der Waals surface area contributed by atoms with Gasteiger partial charge < -0.3 is 5.32 Å². The molecule has 4 nitrogen and oxygen atoms in total. The van der Waals surface area contributed by atoms with Gasteiger partial charge >= 0.3 is 0 Å². The van der Waals surface area contributed by atoms with Crippen LogP contribution >= 0.6 is 11.3 Å². The second-order valence-corrected chi connectivity index (χ2v) is 9.05. The Morgan fingerprint density at radius 2 is 2.09 bits per heavy atom. The molecule has 1 unspecified atom stereocenters. The third-order valence-electron chi connectivity index (χ3n) is 3.80. The Kier molecular flexibility index (Phi) is 4.24. The monoisotopic (exact) mass is 358 g/mol. The Bertz CT molecular complexity index is 805. The summed E-state index contributed by atoms with van der Waals surface area (Å²) in [5.41, 5.74) is 0.854. The van der Waals surface area contributed by atoms with Gasteiger partial charge in [-0.2, -0.15) is 0 Å². The summed E-state index contributed by atoms with van der Waals surface area (Å²) in [7, 11) is -3.92. The zero-order valence-electron chi connectivity index (χ0n) is 12.4. The van der Waals surface area contributed by atoms with Crippen LogP contribution in [-0.2, 0) is 21.3 Å². The minimum atomic E-state index is -3.92. The molecule has 0 bridgehead atoms. The second kappa shape index (κ2) is 5.92. The molecule has 124 valence electrons. The number of nitrogens with zero attached hydrogens (tertiary/aromatic N) is 1. The fourth-order valence-corrected chi connectivity index (χ4v) is 5.60. The highest BCUT2D eigenvalue weighted by Gasteiger charge is 2.51. The first kappa shape index (κ1) is 16.5. The van der Waals surface area contributed by atoms with Gasteiger partial charge in [0.25, 0.3) is 5.00 Å². The average molecular weight is 358 g/mol. The van der Waals surface area contributed by atoms with E-state index in [1.54, 1.807) is 19.1 Å². The van der Waals surface area contributed by atoms with E-state index in [0.717, 1.165) is 21.8 Å². The third-order valence-corrected chi connectivity index (χ3v) is 7.33. The van der Waals surface area contributed by atoms with E-state index in [1.807, 2.05) is 0 Å². The lowest BCUT2D eigenvalue weighted by atomic mass is 10.1. The molecule has 1 aromatic carbocycles. The lowest BCUT2D eigenvalue weighted by molar-refractivity contribution is 0.240. The van der Waals surface area contributed by atoms with Crippen molar-refractivity contribution >= 4 is 21.2 Å². The van der Waals surface area contributed by atoms with Crippen molar-refractivity contribution in [2.45, 2.75) is 24.4 Å². The molecule has 23 heavy (non-hydrogen) atoms. The second-order valence-electron chi connectivity index (χ2n) is 5.73. The largest absolute Gasteiger partial charge is 0.309 e. The molecule has 2 heterocycles. The molecule has 0 aliphatic carbocycles. The molecule has 0 saturated carbocycles. The first-order valence-electron chi connectivity index (χ1n) is 7.14. The minimum Gasteiger partial charge on any atom is -0.309 e. The van der Waals surface area contributed by atoms with Gasteiger partial charge in [0, 0.05) is 23.5 Å². The lowest BCUT2D eigenvalue weighted by Gasteiger charge is -2.31. The number of alkyl halides is 1. The van der Waals surface area contributed by atoms with Crippen LogP contribution in [-0.4, -0.2) is 31.7 Å². The number of aromatic nitrogens is 1. The van der Waals surface area contributed by atoms with Gasteiger partial charge in [0.2, 0.25) is 0 Å². The Morgan fingerprint density at radius 3 is 2.74 bits per heavy atom. The van der Waals surface area contributed by atoms with E-state index in [1.165, 1.54) is 18.3 Å². The molecule has 1 N–H and O–H groups in total. The minimum absolute atomic E-state index is 0.0472. The molecule has 1 aromatic heterocycles. The summed E-state index contributed by atoms with van der Waals surface area (Å²) in [5.74, 6) is -0.578. The number of hydrogen-bond donors (Lipinski definition) is 1. The quantitative estimate of drug-likeness (QED) is 0.915. The summed E-state index contributed by atoms with van der Waals surface area (Å²) < 4.78 is 52.5. The average Bonchev–Trinajstić information content (AvgIpc) is 2.94. The molecule has 0 radical (unpaired) electrons. The van der Waals surface area contributed by atoms with Gasteiger partial charge in [0.05, 0.1) is 12.3 Å². The molecule has 1 saturated heterocycles. The van der Waals surface area contributed by atoms with Crippen LogP contribution in [0.4, 0.5) is 8.78 Å². The van der Waals surface area contributed by atoms with Crippen LogP contribution in [0.25, 0.3) is 0 Å². The van der Waals surface area contributed by atoms with Crippen LogP contribution in [0.15, 0.2) is 30.5 Å². The van der Waals surface area contributed by atoms with Crippen molar-refractivity contribution in [3.8, 4) is 0 Å². The molecule has 3 rings (SSSR count). The topological polar surface area (TPSA) is 59.1 Å². The summed E-state index contributed by atoms with van der Waals surface area (Å²) >= 11 is 1.04. The molecular formula is C15H16F2N2O2S2. The number of sulfone groups is 1. The first-order chi connectivity index (χ1) is 10.8. The summed E-state index contributed by atoms with van der Waals surface area (Å²) in [4.78, 5) is 4.73.